The minimum atomic E-state index is -4.41. The molecule has 0 atom stereocenters. The number of rotatable bonds is 7. The van der Waals surface area contributed by atoms with Crippen molar-refractivity contribution in [1.29, 1.82) is 0 Å². The molecule has 0 aromatic rings. The molecular weight excluding hydrogens is 251 g/mol. The molecule has 0 spiro atoms. The number of nitrogens with one attached hydrogen (secondary N) is 3. The van der Waals surface area contributed by atoms with Gasteiger partial charge in [-0.15, -0.1) is 0 Å². The molecule has 0 aliphatic carbocycles. The van der Waals surface area contributed by atoms with Gasteiger partial charge in [0.2, 0.25) is 11.8 Å². The Bertz CT molecular complexity index is 280. The van der Waals surface area contributed by atoms with Crippen LogP contribution in [0.3, 0.4) is 0 Å². The van der Waals surface area contributed by atoms with Gasteiger partial charge >= 0.3 is 6.18 Å². The summed E-state index contributed by atoms with van der Waals surface area (Å²) in [4.78, 5) is 22.1. The van der Waals surface area contributed by atoms with Gasteiger partial charge in [0.05, 0.1) is 6.54 Å². The highest BCUT2D eigenvalue weighted by atomic mass is 19.4. The maximum atomic E-state index is 11.7. The van der Waals surface area contributed by atoms with Crippen LogP contribution >= 0.6 is 0 Å². The first-order chi connectivity index (χ1) is 8.20. The minimum Gasteiger partial charge on any atom is -0.354 e. The second-order valence-electron chi connectivity index (χ2n) is 4.04. The van der Waals surface area contributed by atoms with E-state index in [1.807, 2.05) is 13.8 Å². The van der Waals surface area contributed by atoms with Gasteiger partial charge in [0, 0.05) is 19.0 Å². The van der Waals surface area contributed by atoms with E-state index < -0.39 is 18.6 Å². The van der Waals surface area contributed by atoms with Crippen LogP contribution in [0, 0.1) is 0 Å². The number of amides is 2. The average molecular weight is 269 g/mol. The first kappa shape index (κ1) is 16.7. The summed E-state index contributed by atoms with van der Waals surface area (Å²) in [6.45, 7) is 2.27. The van der Waals surface area contributed by atoms with E-state index in [0.29, 0.717) is 0 Å². The van der Waals surface area contributed by atoms with Gasteiger partial charge in [-0.25, -0.2) is 0 Å². The van der Waals surface area contributed by atoms with Crippen LogP contribution in [0.1, 0.15) is 20.3 Å². The van der Waals surface area contributed by atoms with E-state index in [0.717, 1.165) is 0 Å². The highest BCUT2D eigenvalue weighted by Gasteiger charge is 2.27. The Morgan fingerprint density at radius 1 is 1.17 bits per heavy atom. The van der Waals surface area contributed by atoms with E-state index in [9.17, 15) is 22.8 Å². The molecule has 2 amide bonds. The third-order valence-corrected chi connectivity index (χ3v) is 1.75. The molecule has 0 radical (unpaired) electrons. The molecule has 0 saturated heterocycles. The van der Waals surface area contributed by atoms with Crippen LogP contribution in [-0.2, 0) is 9.59 Å². The number of carbonyl (C=O) groups excluding carboxylic acids is 2. The van der Waals surface area contributed by atoms with Gasteiger partial charge in [0.25, 0.3) is 0 Å². The maximum absolute atomic E-state index is 11.7. The fourth-order valence-electron chi connectivity index (χ4n) is 1.06. The van der Waals surface area contributed by atoms with Crippen molar-refractivity contribution in [1.82, 2.24) is 16.0 Å². The van der Waals surface area contributed by atoms with Crippen molar-refractivity contribution in [3.8, 4) is 0 Å². The zero-order valence-electron chi connectivity index (χ0n) is 10.4. The molecule has 0 aliphatic heterocycles. The first-order valence-electron chi connectivity index (χ1n) is 5.54. The fourth-order valence-corrected chi connectivity index (χ4v) is 1.06. The summed E-state index contributed by atoms with van der Waals surface area (Å²) in [7, 11) is 0. The van der Waals surface area contributed by atoms with E-state index >= 15 is 0 Å². The number of hydrogen-bond acceptors (Lipinski definition) is 3. The van der Waals surface area contributed by atoms with E-state index in [2.05, 4.69) is 10.6 Å². The maximum Gasteiger partial charge on any atom is 0.405 e. The van der Waals surface area contributed by atoms with Crippen LogP contribution in [-0.4, -0.2) is 43.7 Å². The van der Waals surface area contributed by atoms with Gasteiger partial charge in [-0.05, 0) is 13.8 Å². The predicted octanol–water partition coefficient (Wildman–Crippen LogP) is 0.169. The van der Waals surface area contributed by atoms with Crippen molar-refractivity contribution in [3.05, 3.63) is 0 Å². The Morgan fingerprint density at radius 3 is 2.28 bits per heavy atom. The van der Waals surface area contributed by atoms with Crippen molar-refractivity contribution in [2.24, 2.45) is 0 Å². The molecule has 0 aromatic heterocycles. The van der Waals surface area contributed by atoms with Gasteiger partial charge in [-0.2, -0.15) is 13.2 Å². The lowest BCUT2D eigenvalue weighted by Crippen LogP contribution is -2.40. The van der Waals surface area contributed by atoms with Crippen molar-refractivity contribution >= 4 is 11.8 Å². The third kappa shape index (κ3) is 11.2. The van der Waals surface area contributed by atoms with Crippen LogP contribution < -0.4 is 16.0 Å². The molecule has 0 saturated carbocycles. The Morgan fingerprint density at radius 2 is 1.78 bits per heavy atom. The van der Waals surface area contributed by atoms with Gasteiger partial charge in [-0.3, -0.25) is 9.59 Å². The number of hydrogen-bond donors (Lipinski definition) is 3. The molecule has 0 aliphatic rings. The Kier molecular flexibility index (Phi) is 7.33. The monoisotopic (exact) mass is 269 g/mol. The lowest BCUT2D eigenvalue weighted by molar-refractivity contribution is -0.137. The largest absolute Gasteiger partial charge is 0.405 e. The molecule has 3 N–H and O–H groups in total. The minimum absolute atomic E-state index is 0.0348. The number of carbonyl (C=O) groups is 2. The van der Waals surface area contributed by atoms with Crippen LogP contribution in [0.15, 0.2) is 0 Å². The van der Waals surface area contributed by atoms with Gasteiger partial charge in [-0.1, -0.05) is 0 Å². The van der Waals surface area contributed by atoms with Crippen molar-refractivity contribution in [2.75, 3.05) is 19.6 Å². The number of alkyl halides is 3. The summed E-state index contributed by atoms with van der Waals surface area (Å²) in [6, 6.07) is 0.0348. The first-order valence-corrected chi connectivity index (χ1v) is 5.54. The molecule has 18 heavy (non-hydrogen) atoms. The highest BCUT2D eigenvalue weighted by molar-refractivity contribution is 5.78. The van der Waals surface area contributed by atoms with Crippen LogP contribution in [0.25, 0.3) is 0 Å². The van der Waals surface area contributed by atoms with Crippen molar-refractivity contribution in [3.63, 3.8) is 0 Å². The molecule has 0 aromatic carbocycles. The summed E-state index contributed by atoms with van der Waals surface area (Å²) >= 11 is 0. The topological polar surface area (TPSA) is 70.2 Å². The van der Waals surface area contributed by atoms with Crippen LogP contribution in [0.2, 0.25) is 0 Å². The zero-order chi connectivity index (χ0) is 14.2. The molecule has 8 heteroatoms. The standard InChI is InChI=1S/C10H18F3N3O2/c1-7(2)16-8(17)3-4-14-5-9(18)15-6-10(11,12)13/h7,14H,3-6H2,1-2H3,(H,15,18)(H,16,17). The fraction of sp³-hybridized carbons (Fsp3) is 0.800. The van der Waals surface area contributed by atoms with E-state index in [1.165, 1.54) is 0 Å². The lowest BCUT2D eigenvalue weighted by atomic mass is 10.3. The van der Waals surface area contributed by atoms with Gasteiger partial charge < -0.3 is 16.0 Å². The normalized spacial score (nSPS) is 11.4. The summed E-state index contributed by atoms with van der Waals surface area (Å²) < 4.78 is 35.2. The van der Waals surface area contributed by atoms with Gasteiger partial charge in [0.1, 0.15) is 6.54 Å². The molecule has 0 rings (SSSR count). The second-order valence-corrected chi connectivity index (χ2v) is 4.04. The van der Waals surface area contributed by atoms with E-state index in [4.69, 9.17) is 0 Å². The molecular formula is C10H18F3N3O2. The van der Waals surface area contributed by atoms with E-state index in [1.54, 1.807) is 5.32 Å². The zero-order valence-corrected chi connectivity index (χ0v) is 10.4. The molecule has 0 heterocycles. The van der Waals surface area contributed by atoms with Gasteiger partial charge in [0.15, 0.2) is 0 Å². The Hall–Kier alpha value is -1.31. The number of halogens is 3. The summed E-state index contributed by atoms with van der Waals surface area (Å²) in [5, 5.41) is 6.95. The quantitative estimate of drug-likeness (QED) is 0.577. The summed E-state index contributed by atoms with van der Waals surface area (Å²) in [6.07, 6.45) is -4.24. The summed E-state index contributed by atoms with van der Waals surface area (Å²) in [5.41, 5.74) is 0. The molecule has 0 fully saturated rings. The predicted molar refractivity (Wildman–Crippen MR) is 59.8 cm³/mol. The lowest BCUT2D eigenvalue weighted by Gasteiger charge is -2.10. The molecule has 0 unspecified atom stereocenters. The average Bonchev–Trinajstić information content (AvgIpc) is 2.19. The third-order valence-electron chi connectivity index (χ3n) is 1.75. The van der Waals surface area contributed by atoms with Crippen molar-refractivity contribution in [2.45, 2.75) is 32.5 Å². The van der Waals surface area contributed by atoms with E-state index in [-0.39, 0.29) is 31.5 Å². The SMILES string of the molecule is CC(C)NC(=O)CCNCC(=O)NCC(F)(F)F. The second kappa shape index (κ2) is 7.91. The summed E-state index contributed by atoms with van der Waals surface area (Å²) in [5.74, 6) is -0.926. The van der Waals surface area contributed by atoms with Crippen LogP contribution in [0.5, 0.6) is 0 Å². The molecule has 5 nitrogen and oxygen atoms in total. The Labute approximate surface area is 103 Å². The molecule has 106 valence electrons. The Balaban J connectivity index is 3.55. The smallest absolute Gasteiger partial charge is 0.354 e. The molecule has 0 bridgehead atoms. The van der Waals surface area contributed by atoms with Crippen LogP contribution in [0.4, 0.5) is 13.2 Å². The van der Waals surface area contributed by atoms with Crippen molar-refractivity contribution < 1.29 is 22.8 Å². The highest BCUT2D eigenvalue weighted by Crippen LogP contribution is 2.11.